The van der Waals surface area contributed by atoms with E-state index >= 15 is 0 Å². The quantitative estimate of drug-likeness (QED) is 0.671. The number of halogens is 2. The molecule has 0 aromatic heterocycles. The number of anilines is 1. The lowest BCUT2D eigenvalue weighted by Crippen LogP contribution is -2.57. The van der Waals surface area contributed by atoms with Crippen molar-refractivity contribution in [1.82, 2.24) is 5.32 Å². The number of rotatable bonds is 2. The van der Waals surface area contributed by atoms with E-state index in [2.05, 4.69) is 5.32 Å². The minimum Gasteiger partial charge on any atom is -0.363 e. The molecule has 0 bridgehead atoms. The first-order valence-electron chi connectivity index (χ1n) is 5.93. The van der Waals surface area contributed by atoms with Crippen molar-refractivity contribution in [2.75, 3.05) is 24.5 Å². The van der Waals surface area contributed by atoms with E-state index in [4.69, 9.17) is 11.6 Å². The number of piperazine rings is 1. The van der Waals surface area contributed by atoms with Crippen molar-refractivity contribution in [1.29, 1.82) is 0 Å². The van der Waals surface area contributed by atoms with Crippen molar-refractivity contribution < 1.29 is 9.31 Å². The normalized spacial score (nSPS) is 18.4. The SMILES string of the molecule is CC1(C)CN(c2cc(F)c(Cl)cc2[N+](=O)[O-])CCN1. The maximum atomic E-state index is 13.6. The Hall–Kier alpha value is -1.40. The van der Waals surface area contributed by atoms with E-state index in [-0.39, 0.29) is 21.9 Å². The molecule has 1 heterocycles. The average molecular weight is 288 g/mol. The third kappa shape index (κ3) is 2.96. The monoisotopic (exact) mass is 287 g/mol. The van der Waals surface area contributed by atoms with Gasteiger partial charge in [-0.3, -0.25) is 10.1 Å². The summed E-state index contributed by atoms with van der Waals surface area (Å²) in [7, 11) is 0. The van der Waals surface area contributed by atoms with Gasteiger partial charge >= 0.3 is 0 Å². The summed E-state index contributed by atoms with van der Waals surface area (Å²) in [5.41, 5.74) is -0.0621. The van der Waals surface area contributed by atoms with Gasteiger partial charge < -0.3 is 10.2 Å². The van der Waals surface area contributed by atoms with Crippen LogP contribution in [0, 0.1) is 15.9 Å². The Morgan fingerprint density at radius 3 is 2.79 bits per heavy atom. The maximum absolute atomic E-state index is 13.6. The highest BCUT2D eigenvalue weighted by Gasteiger charge is 2.30. The predicted octanol–water partition coefficient (Wildman–Crippen LogP) is 2.58. The molecule has 0 amide bonds. The number of hydrogen-bond acceptors (Lipinski definition) is 4. The highest BCUT2D eigenvalue weighted by Crippen LogP contribution is 2.34. The van der Waals surface area contributed by atoms with Crippen LogP contribution in [0.5, 0.6) is 0 Å². The molecule has 0 atom stereocenters. The van der Waals surface area contributed by atoms with Crippen molar-refractivity contribution in [2.24, 2.45) is 0 Å². The van der Waals surface area contributed by atoms with Gasteiger partial charge in [-0.2, -0.15) is 0 Å². The smallest absolute Gasteiger partial charge is 0.294 e. The van der Waals surface area contributed by atoms with Crippen molar-refractivity contribution in [3.05, 3.63) is 33.1 Å². The summed E-state index contributed by atoms with van der Waals surface area (Å²) in [5.74, 6) is -0.640. The van der Waals surface area contributed by atoms with Crippen molar-refractivity contribution in [3.63, 3.8) is 0 Å². The van der Waals surface area contributed by atoms with Gasteiger partial charge in [0.1, 0.15) is 11.5 Å². The van der Waals surface area contributed by atoms with Gasteiger partial charge in [0.05, 0.1) is 9.95 Å². The van der Waals surface area contributed by atoms with Crippen molar-refractivity contribution >= 4 is 23.0 Å². The van der Waals surface area contributed by atoms with E-state index in [1.54, 1.807) is 0 Å². The van der Waals surface area contributed by atoms with Crippen LogP contribution in [0.25, 0.3) is 0 Å². The van der Waals surface area contributed by atoms with Gasteiger partial charge in [0.25, 0.3) is 5.69 Å². The largest absolute Gasteiger partial charge is 0.363 e. The van der Waals surface area contributed by atoms with Gasteiger partial charge in [0.2, 0.25) is 0 Å². The molecule has 19 heavy (non-hydrogen) atoms. The van der Waals surface area contributed by atoms with E-state index in [0.29, 0.717) is 19.6 Å². The fraction of sp³-hybridized carbons (Fsp3) is 0.500. The van der Waals surface area contributed by atoms with Crippen LogP contribution in [0.4, 0.5) is 15.8 Å². The third-order valence-electron chi connectivity index (χ3n) is 3.13. The standard InChI is InChI=1S/C12H15ClFN3O2/c1-12(2)7-16(4-3-15-12)10-6-9(14)8(13)5-11(10)17(18)19/h5-6,15H,3-4,7H2,1-2H3. The molecule has 1 aliphatic heterocycles. The van der Waals surface area contributed by atoms with Crippen LogP contribution < -0.4 is 10.2 Å². The van der Waals surface area contributed by atoms with Crippen LogP contribution in [0.1, 0.15) is 13.8 Å². The number of hydrogen-bond donors (Lipinski definition) is 1. The van der Waals surface area contributed by atoms with E-state index in [9.17, 15) is 14.5 Å². The molecule has 104 valence electrons. The van der Waals surface area contributed by atoms with Crippen LogP contribution in [0.2, 0.25) is 5.02 Å². The molecule has 1 fully saturated rings. The lowest BCUT2D eigenvalue weighted by atomic mass is 10.0. The second-order valence-corrected chi connectivity index (χ2v) is 5.65. The minimum atomic E-state index is -0.640. The Morgan fingerprint density at radius 1 is 1.53 bits per heavy atom. The predicted molar refractivity (Wildman–Crippen MR) is 72.4 cm³/mol. The Balaban J connectivity index is 2.43. The first kappa shape index (κ1) is 14.0. The molecular formula is C12H15ClFN3O2. The molecule has 0 saturated carbocycles. The Labute approximate surface area is 115 Å². The molecule has 2 rings (SSSR count). The molecular weight excluding hydrogens is 273 g/mol. The van der Waals surface area contributed by atoms with Gasteiger partial charge in [-0.1, -0.05) is 11.6 Å². The fourth-order valence-corrected chi connectivity index (χ4v) is 2.43. The topological polar surface area (TPSA) is 58.4 Å². The number of benzene rings is 1. The van der Waals surface area contributed by atoms with E-state index in [0.717, 1.165) is 12.1 Å². The van der Waals surface area contributed by atoms with Crippen molar-refractivity contribution in [2.45, 2.75) is 19.4 Å². The molecule has 1 aliphatic rings. The molecule has 7 heteroatoms. The summed E-state index contributed by atoms with van der Waals surface area (Å²) in [6, 6.07) is 2.21. The van der Waals surface area contributed by atoms with Crippen LogP contribution in [-0.4, -0.2) is 30.1 Å². The number of nitrogens with zero attached hydrogens (tertiary/aromatic N) is 2. The van der Waals surface area contributed by atoms with Crippen LogP contribution in [0.15, 0.2) is 12.1 Å². The molecule has 1 aromatic rings. The van der Waals surface area contributed by atoms with Gasteiger partial charge in [-0.05, 0) is 13.8 Å². The summed E-state index contributed by atoms with van der Waals surface area (Å²) in [6.07, 6.45) is 0. The Bertz CT molecular complexity index is 522. The molecule has 0 aliphatic carbocycles. The van der Waals surface area contributed by atoms with E-state index in [1.165, 1.54) is 0 Å². The van der Waals surface area contributed by atoms with Crippen LogP contribution in [-0.2, 0) is 0 Å². The zero-order valence-electron chi connectivity index (χ0n) is 10.7. The number of nitro benzene ring substituents is 1. The molecule has 0 unspecified atom stereocenters. The van der Waals surface area contributed by atoms with Crippen LogP contribution >= 0.6 is 11.6 Å². The third-order valence-corrected chi connectivity index (χ3v) is 3.42. The number of nitro groups is 1. The van der Waals surface area contributed by atoms with Gasteiger partial charge in [0.15, 0.2) is 0 Å². The maximum Gasteiger partial charge on any atom is 0.294 e. The second-order valence-electron chi connectivity index (χ2n) is 5.24. The van der Waals surface area contributed by atoms with Gasteiger partial charge in [-0.15, -0.1) is 0 Å². The minimum absolute atomic E-state index is 0.163. The first-order valence-corrected chi connectivity index (χ1v) is 6.31. The van der Waals surface area contributed by atoms with E-state index < -0.39 is 10.7 Å². The van der Waals surface area contributed by atoms with E-state index in [1.807, 2.05) is 18.7 Å². The molecule has 1 N–H and O–H groups in total. The fourth-order valence-electron chi connectivity index (χ4n) is 2.27. The summed E-state index contributed by atoms with van der Waals surface area (Å²) >= 11 is 5.61. The van der Waals surface area contributed by atoms with Crippen molar-refractivity contribution in [3.8, 4) is 0 Å². The molecule has 0 radical (unpaired) electrons. The Kier molecular flexibility index (Phi) is 3.64. The lowest BCUT2D eigenvalue weighted by Gasteiger charge is -2.40. The summed E-state index contributed by atoms with van der Waals surface area (Å²) < 4.78 is 13.6. The zero-order valence-corrected chi connectivity index (χ0v) is 11.5. The summed E-state index contributed by atoms with van der Waals surface area (Å²) in [4.78, 5) is 12.4. The zero-order chi connectivity index (χ0) is 14.2. The summed E-state index contributed by atoms with van der Waals surface area (Å²) in [5, 5.41) is 14.1. The first-order chi connectivity index (χ1) is 8.80. The highest BCUT2D eigenvalue weighted by atomic mass is 35.5. The van der Waals surface area contributed by atoms with Gasteiger partial charge in [0, 0.05) is 37.3 Å². The average Bonchev–Trinajstić information content (AvgIpc) is 2.30. The number of nitrogens with one attached hydrogen (secondary N) is 1. The van der Waals surface area contributed by atoms with Gasteiger partial charge in [-0.25, -0.2) is 4.39 Å². The highest BCUT2D eigenvalue weighted by molar-refractivity contribution is 6.31. The second kappa shape index (κ2) is 4.94. The lowest BCUT2D eigenvalue weighted by molar-refractivity contribution is -0.384. The summed E-state index contributed by atoms with van der Waals surface area (Å²) in [6.45, 7) is 5.84. The molecule has 1 aromatic carbocycles. The molecule has 0 spiro atoms. The molecule has 5 nitrogen and oxygen atoms in total. The van der Waals surface area contributed by atoms with Crippen LogP contribution in [0.3, 0.4) is 0 Å². The Morgan fingerprint density at radius 2 is 2.21 bits per heavy atom. The molecule has 1 saturated heterocycles.